The number of thioether (sulfide) groups is 1. The number of hydrogen-bond donors (Lipinski definition) is 1. The average molecular weight is 360 g/mol. The number of fused-ring (bicyclic) bond motifs is 1. The van der Waals surface area contributed by atoms with E-state index in [0.717, 1.165) is 16.5 Å². The van der Waals surface area contributed by atoms with Gasteiger partial charge in [0.1, 0.15) is 0 Å². The van der Waals surface area contributed by atoms with Gasteiger partial charge >= 0.3 is 6.03 Å². The smallest absolute Gasteiger partial charge is 0.325 e. The third kappa shape index (κ3) is 3.66. The van der Waals surface area contributed by atoms with Gasteiger partial charge in [-0.05, 0) is 18.4 Å². The Bertz CT molecular complexity index is 702. The average Bonchev–Trinajstić information content (AvgIpc) is 2.92. The van der Waals surface area contributed by atoms with Crippen LogP contribution in [-0.2, 0) is 11.3 Å². The number of imide groups is 1. The number of nitrogens with one attached hydrogen (secondary N) is 1. The molecule has 1 saturated heterocycles. The molecule has 2 aliphatic rings. The maximum Gasteiger partial charge on any atom is 0.325 e. The zero-order valence-electron chi connectivity index (χ0n) is 15.0. The van der Waals surface area contributed by atoms with Crippen LogP contribution in [0.5, 0.6) is 0 Å². The van der Waals surface area contributed by atoms with Crippen LogP contribution in [0.3, 0.4) is 0 Å². The fourth-order valence-electron chi connectivity index (χ4n) is 2.92. The van der Waals surface area contributed by atoms with Gasteiger partial charge < -0.3 is 9.80 Å². The van der Waals surface area contributed by atoms with E-state index in [2.05, 4.69) is 50.4 Å². The number of aliphatic imine (C=N–C) groups is 1. The first-order chi connectivity index (χ1) is 11.9. The number of urea groups is 1. The number of rotatable bonds is 4. The lowest BCUT2D eigenvalue weighted by molar-refractivity contribution is -0.127. The fourth-order valence-corrected chi connectivity index (χ4v) is 3.93. The Balaban J connectivity index is 1.88. The molecule has 1 aromatic carbocycles. The molecule has 134 valence electrons. The zero-order valence-corrected chi connectivity index (χ0v) is 15.8. The molecule has 2 atom stereocenters. The highest BCUT2D eigenvalue weighted by Gasteiger charge is 2.48. The molecule has 2 unspecified atom stereocenters. The topological polar surface area (TPSA) is 65.0 Å². The maximum atomic E-state index is 12.5. The second-order valence-electron chi connectivity index (χ2n) is 6.99. The van der Waals surface area contributed by atoms with Gasteiger partial charge in [0, 0.05) is 19.3 Å². The first-order valence-corrected chi connectivity index (χ1v) is 9.46. The molecule has 3 rings (SSSR count). The van der Waals surface area contributed by atoms with Crippen molar-refractivity contribution in [2.45, 2.75) is 39.5 Å². The monoisotopic (exact) mass is 360 g/mol. The van der Waals surface area contributed by atoms with E-state index in [0.29, 0.717) is 12.5 Å². The van der Waals surface area contributed by atoms with Gasteiger partial charge in [0.05, 0.1) is 0 Å². The molecule has 3 amide bonds. The van der Waals surface area contributed by atoms with Crippen molar-refractivity contribution >= 4 is 28.9 Å². The molecule has 7 heteroatoms. The quantitative estimate of drug-likeness (QED) is 0.896. The molecular weight excluding hydrogens is 336 g/mol. The van der Waals surface area contributed by atoms with Gasteiger partial charge in [-0.25, -0.2) is 9.79 Å². The predicted octanol–water partition coefficient (Wildman–Crippen LogP) is 2.43. The minimum Gasteiger partial charge on any atom is -0.331 e. The molecule has 1 fully saturated rings. The summed E-state index contributed by atoms with van der Waals surface area (Å²) in [5.41, 5.74) is 2.32. The third-order valence-corrected chi connectivity index (χ3v) is 5.77. The Morgan fingerprint density at radius 3 is 2.56 bits per heavy atom. The second kappa shape index (κ2) is 7.07. The molecule has 25 heavy (non-hydrogen) atoms. The minimum absolute atomic E-state index is 0.274. The van der Waals surface area contributed by atoms with Crippen molar-refractivity contribution in [3.05, 3.63) is 35.4 Å². The number of carbonyl (C=O) groups is 2. The summed E-state index contributed by atoms with van der Waals surface area (Å²) < 4.78 is 0. The molecule has 0 spiro atoms. The van der Waals surface area contributed by atoms with Gasteiger partial charge in [0.25, 0.3) is 5.91 Å². The van der Waals surface area contributed by atoms with Crippen molar-refractivity contribution in [2.75, 3.05) is 12.8 Å². The standard InChI is InChI=1S/C18H24N4O2S/c1-11(2)10-25-18-19-15-14(16(23)20-17(24)21(15)4)22(18)9-13-7-5-12(3)6-8-13/h5-8,11,14-15H,9-10H2,1-4H3,(H,20,23,24). The zero-order chi connectivity index (χ0) is 18.1. The number of amides is 3. The Labute approximate surface area is 152 Å². The van der Waals surface area contributed by atoms with Crippen molar-refractivity contribution in [1.82, 2.24) is 15.1 Å². The summed E-state index contributed by atoms with van der Waals surface area (Å²) in [7, 11) is 1.68. The SMILES string of the molecule is Cc1ccc(CN2C(SCC(C)C)=NC3C2C(=O)NC(=O)N3C)cc1. The van der Waals surface area contributed by atoms with Gasteiger partial charge in [-0.1, -0.05) is 55.4 Å². The number of amidine groups is 1. The molecule has 0 aliphatic carbocycles. The third-order valence-electron chi connectivity index (χ3n) is 4.34. The van der Waals surface area contributed by atoms with Crippen molar-refractivity contribution in [3.8, 4) is 0 Å². The number of likely N-dealkylation sites (N-methyl/N-ethyl adjacent to an activating group) is 1. The molecule has 2 aliphatic heterocycles. The lowest BCUT2D eigenvalue weighted by Gasteiger charge is -2.36. The van der Waals surface area contributed by atoms with Gasteiger partial charge in [-0.3, -0.25) is 10.1 Å². The molecule has 1 N–H and O–H groups in total. The molecule has 0 aromatic heterocycles. The first kappa shape index (κ1) is 17.8. The van der Waals surface area contributed by atoms with Gasteiger partial charge in [-0.15, -0.1) is 0 Å². The Kier molecular flexibility index (Phi) is 5.03. The number of benzene rings is 1. The molecule has 2 heterocycles. The van der Waals surface area contributed by atoms with Gasteiger partial charge in [0.2, 0.25) is 0 Å². The summed E-state index contributed by atoms with van der Waals surface area (Å²) in [6, 6.07) is 7.42. The van der Waals surface area contributed by atoms with Gasteiger partial charge in [-0.2, -0.15) is 0 Å². The van der Waals surface area contributed by atoms with Crippen molar-refractivity contribution in [1.29, 1.82) is 0 Å². The minimum atomic E-state index is -0.473. The Morgan fingerprint density at radius 2 is 1.92 bits per heavy atom. The summed E-state index contributed by atoms with van der Waals surface area (Å²) in [4.78, 5) is 32.7. The van der Waals surface area contributed by atoms with E-state index >= 15 is 0 Å². The highest BCUT2D eigenvalue weighted by Crippen LogP contribution is 2.30. The highest BCUT2D eigenvalue weighted by molar-refractivity contribution is 8.13. The number of aryl methyl sites for hydroxylation is 1. The maximum absolute atomic E-state index is 12.5. The van der Waals surface area contributed by atoms with E-state index in [1.165, 1.54) is 10.5 Å². The summed E-state index contributed by atoms with van der Waals surface area (Å²) >= 11 is 1.65. The molecule has 6 nitrogen and oxygen atoms in total. The highest BCUT2D eigenvalue weighted by atomic mass is 32.2. The lowest BCUT2D eigenvalue weighted by Crippen LogP contribution is -2.63. The van der Waals surface area contributed by atoms with Crippen LogP contribution < -0.4 is 5.32 Å². The predicted molar refractivity (Wildman–Crippen MR) is 100 cm³/mol. The van der Waals surface area contributed by atoms with Crippen LogP contribution in [0.15, 0.2) is 29.3 Å². The van der Waals surface area contributed by atoms with Crippen LogP contribution in [0, 0.1) is 12.8 Å². The summed E-state index contributed by atoms with van der Waals surface area (Å²) in [5.74, 6) is 1.16. The van der Waals surface area contributed by atoms with Crippen LogP contribution in [0.4, 0.5) is 4.79 Å². The van der Waals surface area contributed by atoms with Crippen molar-refractivity contribution in [2.24, 2.45) is 10.9 Å². The van der Waals surface area contributed by atoms with Gasteiger partial charge in [0.15, 0.2) is 17.4 Å². The normalized spacial score (nSPS) is 23.0. The molecular formula is C18H24N4O2S. The molecule has 0 bridgehead atoms. The summed E-state index contributed by atoms with van der Waals surface area (Å²) in [5, 5.41) is 3.27. The van der Waals surface area contributed by atoms with Crippen LogP contribution in [-0.4, -0.2) is 51.9 Å². The van der Waals surface area contributed by atoms with Crippen LogP contribution in [0.1, 0.15) is 25.0 Å². The largest absolute Gasteiger partial charge is 0.331 e. The van der Waals surface area contributed by atoms with Crippen LogP contribution >= 0.6 is 11.8 Å². The van der Waals surface area contributed by atoms with E-state index in [1.54, 1.807) is 18.8 Å². The molecule has 1 aromatic rings. The molecule has 0 saturated carbocycles. The fraction of sp³-hybridized carbons (Fsp3) is 0.500. The Hall–Kier alpha value is -2.02. The van der Waals surface area contributed by atoms with Crippen LogP contribution in [0.25, 0.3) is 0 Å². The first-order valence-electron chi connectivity index (χ1n) is 8.47. The van der Waals surface area contributed by atoms with E-state index in [1.807, 2.05) is 4.90 Å². The summed E-state index contributed by atoms with van der Waals surface area (Å²) in [6.07, 6.45) is -0.457. The summed E-state index contributed by atoms with van der Waals surface area (Å²) in [6.45, 7) is 6.96. The van der Waals surface area contributed by atoms with Crippen LogP contribution in [0.2, 0.25) is 0 Å². The Morgan fingerprint density at radius 1 is 1.24 bits per heavy atom. The molecule has 0 radical (unpaired) electrons. The number of hydrogen-bond acceptors (Lipinski definition) is 5. The second-order valence-corrected chi connectivity index (χ2v) is 7.98. The lowest BCUT2D eigenvalue weighted by atomic mass is 10.1. The van der Waals surface area contributed by atoms with E-state index in [4.69, 9.17) is 4.99 Å². The van der Waals surface area contributed by atoms with E-state index in [9.17, 15) is 9.59 Å². The number of carbonyl (C=O) groups excluding carboxylic acids is 2. The van der Waals surface area contributed by atoms with Crippen molar-refractivity contribution in [3.63, 3.8) is 0 Å². The van der Waals surface area contributed by atoms with Crippen molar-refractivity contribution < 1.29 is 9.59 Å². The van der Waals surface area contributed by atoms with E-state index < -0.39 is 12.2 Å². The van der Waals surface area contributed by atoms with E-state index in [-0.39, 0.29) is 11.9 Å². The number of nitrogens with zero attached hydrogens (tertiary/aromatic N) is 3.